The number of benzene rings is 2. The third kappa shape index (κ3) is 6.26. The molecule has 1 atom stereocenters. The maximum Gasteiger partial charge on any atom is 0.358 e. The van der Waals surface area contributed by atoms with Crippen LogP contribution in [0.1, 0.15) is 35.0 Å². The number of hydrogen-bond acceptors (Lipinski definition) is 5. The first-order valence-electron chi connectivity index (χ1n) is 9.54. The lowest BCUT2D eigenvalue weighted by molar-refractivity contribution is -0.124. The number of amides is 1. The summed E-state index contributed by atoms with van der Waals surface area (Å²) in [4.78, 5) is 28.6. The van der Waals surface area contributed by atoms with Gasteiger partial charge in [0.25, 0.3) is 5.91 Å². The van der Waals surface area contributed by atoms with Crippen molar-refractivity contribution in [2.75, 3.05) is 6.61 Å². The van der Waals surface area contributed by atoms with Crippen molar-refractivity contribution in [1.29, 1.82) is 0 Å². The molecule has 0 aliphatic heterocycles. The molecular weight excluding hydrogens is 384 g/mol. The van der Waals surface area contributed by atoms with Crippen LogP contribution in [0.2, 0.25) is 0 Å². The average molecular weight is 409 g/mol. The number of nitrogens with one attached hydrogen (secondary N) is 1. The third-order valence-electron chi connectivity index (χ3n) is 4.46. The van der Waals surface area contributed by atoms with Crippen molar-refractivity contribution in [2.45, 2.75) is 32.7 Å². The summed E-state index contributed by atoms with van der Waals surface area (Å²) in [6, 6.07) is 18.0. The standard InChI is InChI=1S/C23H24N2O3S/c1-16-8-12-19(13-9-16)22-25-20(15-29-22)23(27)28-14-21(26)24-17(2)10-11-18-6-4-3-5-7-18/h3-9,12-13,15,17H,10-11,14H2,1-2H3,(H,24,26)/t17-/m0/s1. The van der Waals surface area contributed by atoms with Gasteiger partial charge in [0, 0.05) is 17.0 Å². The first kappa shape index (κ1) is 20.7. The highest BCUT2D eigenvalue weighted by atomic mass is 32.1. The first-order valence-corrected chi connectivity index (χ1v) is 10.4. The number of esters is 1. The zero-order valence-electron chi connectivity index (χ0n) is 16.6. The predicted octanol–water partition coefficient (Wildman–Crippen LogP) is 4.41. The zero-order valence-corrected chi connectivity index (χ0v) is 17.4. The molecule has 1 N–H and O–H groups in total. The maximum absolute atomic E-state index is 12.2. The Morgan fingerprint density at radius 2 is 1.83 bits per heavy atom. The zero-order chi connectivity index (χ0) is 20.6. The molecule has 5 nitrogen and oxygen atoms in total. The molecule has 0 unspecified atom stereocenters. The minimum absolute atomic E-state index is 0.00572. The van der Waals surface area contributed by atoms with E-state index in [1.807, 2.05) is 56.3 Å². The van der Waals surface area contributed by atoms with Gasteiger partial charge in [0.1, 0.15) is 5.01 Å². The van der Waals surface area contributed by atoms with E-state index in [9.17, 15) is 9.59 Å². The second-order valence-corrected chi connectivity index (χ2v) is 7.83. The van der Waals surface area contributed by atoms with Crippen molar-refractivity contribution >= 4 is 23.2 Å². The molecule has 29 heavy (non-hydrogen) atoms. The Bertz CT molecular complexity index is 952. The van der Waals surface area contributed by atoms with Gasteiger partial charge in [0.05, 0.1) is 0 Å². The summed E-state index contributed by atoms with van der Waals surface area (Å²) in [6.45, 7) is 3.64. The molecule has 0 aliphatic rings. The van der Waals surface area contributed by atoms with Crippen molar-refractivity contribution in [3.8, 4) is 10.6 Å². The Labute approximate surface area is 174 Å². The van der Waals surface area contributed by atoms with E-state index in [2.05, 4.69) is 22.4 Å². The molecule has 0 spiro atoms. The Morgan fingerprint density at radius 3 is 2.55 bits per heavy atom. The van der Waals surface area contributed by atoms with Crippen LogP contribution >= 0.6 is 11.3 Å². The van der Waals surface area contributed by atoms with Gasteiger partial charge in [0.15, 0.2) is 12.3 Å². The van der Waals surface area contributed by atoms with Crippen LogP contribution in [0.25, 0.3) is 10.6 Å². The SMILES string of the molecule is Cc1ccc(-c2nc(C(=O)OCC(=O)N[C@@H](C)CCc3ccccc3)cs2)cc1. The molecule has 0 aliphatic carbocycles. The Hall–Kier alpha value is -2.99. The smallest absolute Gasteiger partial charge is 0.358 e. The predicted molar refractivity (Wildman–Crippen MR) is 115 cm³/mol. The summed E-state index contributed by atoms with van der Waals surface area (Å²) in [5.41, 5.74) is 3.56. The fourth-order valence-electron chi connectivity index (χ4n) is 2.82. The molecule has 1 amide bonds. The van der Waals surface area contributed by atoms with Crippen LogP contribution in [0.3, 0.4) is 0 Å². The fourth-order valence-corrected chi connectivity index (χ4v) is 3.61. The molecule has 6 heteroatoms. The van der Waals surface area contributed by atoms with E-state index in [1.54, 1.807) is 5.38 Å². The van der Waals surface area contributed by atoms with E-state index in [1.165, 1.54) is 16.9 Å². The molecule has 150 valence electrons. The van der Waals surface area contributed by atoms with Crippen molar-refractivity contribution in [1.82, 2.24) is 10.3 Å². The lowest BCUT2D eigenvalue weighted by Crippen LogP contribution is -2.36. The quantitative estimate of drug-likeness (QED) is 0.561. The third-order valence-corrected chi connectivity index (χ3v) is 5.35. The number of thiazole rings is 1. The van der Waals surface area contributed by atoms with Gasteiger partial charge < -0.3 is 10.1 Å². The van der Waals surface area contributed by atoms with Gasteiger partial charge in [0.2, 0.25) is 0 Å². The fraction of sp³-hybridized carbons (Fsp3) is 0.261. The van der Waals surface area contributed by atoms with Crippen molar-refractivity contribution in [2.24, 2.45) is 0 Å². The summed E-state index contributed by atoms with van der Waals surface area (Å²) in [6.07, 6.45) is 1.69. The second-order valence-electron chi connectivity index (χ2n) is 6.97. The minimum atomic E-state index is -0.591. The van der Waals surface area contributed by atoms with Crippen LogP contribution in [-0.4, -0.2) is 29.5 Å². The maximum atomic E-state index is 12.2. The van der Waals surface area contributed by atoms with Crippen LogP contribution in [-0.2, 0) is 16.0 Å². The van der Waals surface area contributed by atoms with Gasteiger partial charge in [-0.25, -0.2) is 9.78 Å². The minimum Gasteiger partial charge on any atom is -0.451 e. The van der Waals surface area contributed by atoms with Gasteiger partial charge in [-0.15, -0.1) is 11.3 Å². The van der Waals surface area contributed by atoms with E-state index in [-0.39, 0.29) is 24.2 Å². The van der Waals surface area contributed by atoms with Gasteiger partial charge >= 0.3 is 5.97 Å². The van der Waals surface area contributed by atoms with Gasteiger partial charge in [-0.1, -0.05) is 60.2 Å². The summed E-state index contributed by atoms with van der Waals surface area (Å²) in [7, 11) is 0. The number of aromatic nitrogens is 1. The number of rotatable bonds is 8. The summed E-state index contributed by atoms with van der Waals surface area (Å²) >= 11 is 1.37. The molecule has 1 heterocycles. The number of carbonyl (C=O) groups excluding carboxylic acids is 2. The van der Waals surface area contributed by atoms with E-state index < -0.39 is 5.97 Å². The van der Waals surface area contributed by atoms with E-state index >= 15 is 0 Å². The van der Waals surface area contributed by atoms with E-state index in [0.717, 1.165) is 29.0 Å². The van der Waals surface area contributed by atoms with Crippen LogP contribution in [0.15, 0.2) is 60.0 Å². The van der Waals surface area contributed by atoms with E-state index in [0.29, 0.717) is 0 Å². The van der Waals surface area contributed by atoms with Gasteiger partial charge in [-0.05, 0) is 32.3 Å². The molecule has 0 saturated heterocycles. The van der Waals surface area contributed by atoms with E-state index in [4.69, 9.17) is 4.74 Å². The molecule has 3 aromatic rings. The van der Waals surface area contributed by atoms with Gasteiger partial charge in [-0.2, -0.15) is 0 Å². The average Bonchev–Trinajstić information content (AvgIpc) is 3.22. The molecule has 1 aromatic heterocycles. The molecule has 0 saturated carbocycles. The largest absolute Gasteiger partial charge is 0.451 e. The Morgan fingerprint density at radius 1 is 1.10 bits per heavy atom. The topological polar surface area (TPSA) is 68.3 Å². The molecule has 2 aromatic carbocycles. The van der Waals surface area contributed by atoms with Crippen LogP contribution in [0.5, 0.6) is 0 Å². The van der Waals surface area contributed by atoms with Crippen LogP contribution < -0.4 is 5.32 Å². The lowest BCUT2D eigenvalue weighted by atomic mass is 10.1. The molecule has 0 bridgehead atoms. The second kappa shape index (κ2) is 9.98. The normalized spacial score (nSPS) is 11.7. The Balaban J connectivity index is 1.44. The number of carbonyl (C=O) groups is 2. The number of hydrogen-bond donors (Lipinski definition) is 1. The molecule has 3 rings (SSSR count). The number of nitrogens with zero attached hydrogens (tertiary/aromatic N) is 1. The highest BCUT2D eigenvalue weighted by Gasteiger charge is 2.16. The first-order chi connectivity index (χ1) is 14.0. The molecule has 0 fully saturated rings. The van der Waals surface area contributed by atoms with Gasteiger partial charge in [-0.3, -0.25) is 4.79 Å². The van der Waals surface area contributed by atoms with Crippen molar-refractivity contribution in [3.05, 3.63) is 76.8 Å². The molecular formula is C23H24N2O3S. The molecule has 0 radical (unpaired) electrons. The van der Waals surface area contributed by atoms with Crippen LogP contribution in [0.4, 0.5) is 0 Å². The number of aryl methyl sites for hydroxylation is 2. The Kier molecular flexibility index (Phi) is 7.14. The monoisotopic (exact) mass is 408 g/mol. The summed E-state index contributed by atoms with van der Waals surface area (Å²) < 4.78 is 5.12. The summed E-state index contributed by atoms with van der Waals surface area (Å²) in [5, 5.41) is 5.26. The number of ether oxygens (including phenoxy) is 1. The van der Waals surface area contributed by atoms with Crippen molar-refractivity contribution < 1.29 is 14.3 Å². The summed E-state index contributed by atoms with van der Waals surface area (Å²) in [5.74, 6) is -0.903. The highest BCUT2D eigenvalue weighted by Crippen LogP contribution is 2.24. The lowest BCUT2D eigenvalue weighted by Gasteiger charge is -2.13. The van der Waals surface area contributed by atoms with Crippen molar-refractivity contribution in [3.63, 3.8) is 0 Å². The highest BCUT2D eigenvalue weighted by molar-refractivity contribution is 7.13. The van der Waals surface area contributed by atoms with Crippen LogP contribution in [0, 0.1) is 6.92 Å².